The van der Waals surface area contributed by atoms with E-state index >= 15 is 0 Å². The van der Waals surface area contributed by atoms with Gasteiger partial charge in [0.15, 0.2) is 0 Å². The number of carboxylic acids is 1. The highest BCUT2D eigenvalue weighted by Gasteiger charge is 2.12. The van der Waals surface area contributed by atoms with Gasteiger partial charge in [0.05, 0.1) is 20.0 Å². The molecule has 0 unspecified atom stereocenters. The number of carboxylic acid groups (broad SMARTS) is 1. The van der Waals surface area contributed by atoms with E-state index in [2.05, 4.69) is 4.98 Å². The van der Waals surface area contributed by atoms with Crippen LogP contribution in [-0.2, 0) is 6.54 Å². The summed E-state index contributed by atoms with van der Waals surface area (Å²) in [6, 6.07) is 4.66. The number of aromatic nitrogens is 2. The number of carbonyl (C=O) groups is 1. The molecule has 6 heteroatoms. The SMILES string of the molecule is COc1ccc(C(=O)O)c(OCCCn2ccnc2)c1. The van der Waals surface area contributed by atoms with Crippen molar-refractivity contribution in [3.63, 3.8) is 0 Å². The molecule has 0 amide bonds. The minimum Gasteiger partial charge on any atom is -0.497 e. The molecule has 0 radical (unpaired) electrons. The molecule has 20 heavy (non-hydrogen) atoms. The lowest BCUT2D eigenvalue weighted by Crippen LogP contribution is -2.07. The molecule has 2 rings (SSSR count). The van der Waals surface area contributed by atoms with Gasteiger partial charge in [0.1, 0.15) is 17.1 Å². The van der Waals surface area contributed by atoms with Gasteiger partial charge in [-0.3, -0.25) is 0 Å². The Labute approximate surface area is 116 Å². The molecule has 1 heterocycles. The first-order valence-corrected chi connectivity index (χ1v) is 6.20. The van der Waals surface area contributed by atoms with E-state index in [1.807, 2.05) is 10.8 Å². The summed E-state index contributed by atoms with van der Waals surface area (Å²) in [5.41, 5.74) is 0.133. The normalized spacial score (nSPS) is 10.2. The van der Waals surface area contributed by atoms with Gasteiger partial charge in [-0.25, -0.2) is 9.78 Å². The van der Waals surface area contributed by atoms with Gasteiger partial charge in [-0.2, -0.15) is 0 Å². The van der Waals surface area contributed by atoms with Gasteiger partial charge in [0, 0.05) is 25.0 Å². The van der Waals surface area contributed by atoms with Crippen LogP contribution in [0.4, 0.5) is 0 Å². The topological polar surface area (TPSA) is 73.6 Å². The maximum absolute atomic E-state index is 11.1. The van der Waals surface area contributed by atoms with E-state index in [1.54, 1.807) is 24.7 Å². The van der Waals surface area contributed by atoms with Crippen LogP contribution in [0.25, 0.3) is 0 Å². The monoisotopic (exact) mass is 276 g/mol. The fourth-order valence-electron chi connectivity index (χ4n) is 1.77. The Morgan fingerprint density at radius 1 is 1.45 bits per heavy atom. The zero-order valence-electron chi connectivity index (χ0n) is 11.2. The highest BCUT2D eigenvalue weighted by Crippen LogP contribution is 2.25. The molecule has 2 aromatic rings. The Morgan fingerprint density at radius 2 is 2.30 bits per heavy atom. The summed E-state index contributed by atoms with van der Waals surface area (Å²) in [6.07, 6.45) is 6.07. The number of rotatable bonds is 7. The molecule has 1 aromatic heterocycles. The Bertz CT molecular complexity index is 567. The zero-order chi connectivity index (χ0) is 14.4. The van der Waals surface area contributed by atoms with Crippen LogP contribution >= 0.6 is 0 Å². The predicted molar refractivity (Wildman–Crippen MR) is 72.3 cm³/mol. The molecule has 6 nitrogen and oxygen atoms in total. The summed E-state index contributed by atoms with van der Waals surface area (Å²) in [4.78, 5) is 15.1. The van der Waals surface area contributed by atoms with Gasteiger partial charge in [0.2, 0.25) is 0 Å². The van der Waals surface area contributed by atoms with Crippen LogP contribution in [0.3, 0.4) is 0 Å². The third kappa shape index (κ3) is 3.50. The number of nitrogens with zero attached hydrogens (tertiary/aromatic N) is 2. The van der Waals surface area contributed by atoms with Gasteiger partial charge in [-0.15, -0.1) is 0 Å². The van der Waals surface area contributed by atoms with Crippen molar-refractivity contribution >= 4 is 5.97 Å². The molecule has 0 saturated carbocycles. The lowest BCUT2D eigenvalue weighted by atomic mass is 10.2. The van der Waals surface area contributed by atoms with E-state index < -0.39 is 5.97 Å². The Kier molecular flexibility index (Phi) is 4.60. The number of hydrogen-bond acceptors (Lipinski definition) is 4. The molecule has 1 aromatic carbocycles. The lowest BCUT2D eigenvalue weighted by Gasteiger charge is -2.11. The third-order valence-electron chi connectivity index (χ3n) is 2.80. The third-order valence-corrected chi connectivity index (χ3v) is 2.80. The van der Waals surface area contributed by atoms with Gasteiger partial charge in [0.25, 0.3) is 0 Å². The fraction of sp³-hybridized carbons (Fsp3) is 0.286. The summed E-state index contributed by atoms with van der Waals surface area (Å²) >= 11 is 0. The van der Waals surface area contributed by atoms with Crippen molar-refractivity contribution in [3.05, 3.63) is 42.5 Å². The average Bonchev–Trinajstić information content (AvgIpc) is 2.96. The van der Waals surface area contributed by atoms with Crippen molar-refractivity contribution in [2.75, 3.05) is 13.7 Å². The molecular weight excluding hydrogens is 260 g/mol. The van der Waals surface area contributed by atoms with Gasteiger partial charge in [-0.1, -0.05) is 0 Å². The van der Waals surface area contributed by atoms with Crippen molar-refractivity contribution < 1.29 is 19.4 Å². The molecule has 0 bridgehead atoms. The number of hydrogen-bond donors (Lipinski definition) is 1. The number of methoxy groups -OCH3 is 1. The Balaban J connectivity index is 1.95. The molecule has 1 N–H and O–H groups in total. The fourth-order valence-corrected chi connectivity index (χ4v) is 1.77. The highest BCUT2D eigenvalue weighted by molar-refractivity contribution is 5.91. The summed E-state index contributed by atoms with van der Waals surface area (Å²) in [5.74, 6) is -0.126. The van der Waals surface area contributed by atoms with Crippen molar-refractivity contribution in [1.29, 1.82) is 0 Å². The van der Waals surface area contributed by atoms with Crippen LogP contribution in [0.1, 0.15) is 16.8 Å². The van der Waals surface area contributed by atoms with E-state index in [1.165, 1.54) is 13.2 Å². The molecule has 0 saturated heterocycles. The predicted octanol–water partition coefficient (Wildman–Crippen LogP) is 2.06. The van der Waals surface area contributed by atoms with Crippen LogP contribution in [0.5, 0.6) is 11.5 Å². The van der Waals surface area contributed by atoms with Crippen LogP contribution in [-0.4, -0.2) is 34.3 Å². The minimum atomic E-state index is -1.02. The summed E-state index contributed by atoms with van der Waals surface area (Å²) in [6.45, 7) is 1.19. The number of ether oxygens (including phenoxy) is 2. The molecule has 106 valence electrons. The standard InChI is InChI=1S/C14H16N2O4/c1-19-11-3-4-12(14(17)18)13(9-11)20-8-2-6-16-7-5-15-10-16/h3-5,7,9-10H,2,6,8H2,1H3,(H,17,18). The maximum atomic E-state index is 11.1. The second-order valence-electron chi connectivity index (χ2n) is 4.17. The van der Waals surface area contributed by atoms with E-state index in [0.29, 0.717) is 18.1 Å². The first-order valence-electron chi connectivity index (χ1n) is 6.20. The zero-order valence-corrected chi connectivity index (χ0v) is 11.2. The van der Waals surface area contributed by atoms with Crippen LogP contribution in [0.2, 0.25) is 0 Å². The molecule has 0 aliphatic carbocycles. The molecular formula is C14H16N2O4. The number of benzene rings is 1. The first kappa shape index (κ1) is 13.9. The first-order chi connectivity index (χ1) is 9.70. The van der Waals surface area contributed by atoms with Crippen LogP contribution < -0.4 is 9.47 Å². The number of imidazole rings is 1. The smallest absolute Gasteiger partial charge is 0.339 e. The van der Waals surface area contributed by atoms with Gasteiger partial charge >= 0.3 is 5.97 Å². The number of aryl methyl sites for hydroxylation is 1. The molecule has 0 atom stereocenters. The minimum absolute atomic E-state index is 0.133. The Hall–Kier alpha value is -2.50. The average molecular weight is 276 g/mol. The largest absolute Gasteiger partial charge is 0.497 e. The maximum Gasteiger partial charge on any atom is 0.339 e. The lowest BCUT2D eigenvalue weighted by molar-refractivity contribution is 0.0692. The molecule has 0 spiro atoms. The molecule has 0 aliphatic rings. The van der Waals surface area contributed by atoms with Crippen LogP contribution in [0.15, 0.2) is 36.9 Å². The number of aromatic carboxylic acids is 1. The van der Waals surface area contributed by atoms with E-state index in [-0.39, 0.29) is 5.56 Å². The van der Waals surface area contributed by atoms with Crippen molar-refractivity contribution in [1.82, 2.24) is 9.55 Å². The van der Waals surface area contributed by atoms with Gasteiger partial charge in [-0.05, 0) is 18.6 Å². The second-order valence-corrected chi connectivity index (χ2v) is 4.17. The quantitative estimate of drug-likeness (QED) is 0.783. The van der Waals surface area contributed by atoms with Crippen LogP contribution in [0, 0.1) is 0 Å². The molecule has 0 fully saturated rings. The van der Waals surface area contributed by atoms with E-state index in [9.17, 15) is 4.79 Å². The van der Waals surface area contributed by atoms with Crippen molar-refractivity contribution in [2.24, 2.45) is 0 Å². The van der Waals surface area contributed by atoms with Gasteiger partial charge < -0.3 is 19.1 Å². The summed E-state index contributed by atoms with van der Waals surface area (Å²) in [7, 11) is 1.53. The van der Waals surface area contributed by atoms with E-state index in [4.69, 9.17) is 14.6 Å². The summed E-state index contributed by atoms with van der Waals surface area (Å²) in [5, 5.41) is 9.10. The van der Waals surface area contributed by atoms with E-state index in [0.717, 1.165) is 13.0 Å². The molecule has 0 aliphatic heterocycles. The van der Waals surface area contributed by atoms with Crippen molar-refractivity contribution in [2.45, 2.75) is 13.0 Å². The van der Waals surface area contributed by atoms with Crippen molar-refractivity contribution in [3.8, 4) is 11.5 Å². The summed E-state index contributed by atoms with van der Waals surface area (Å²) < 4.78 is 12.6. The second kappa shape index (κ2) is 6.60. The highest BCUT2D eigenvalue weighted by atomic mass is 16.5. The Morgan fingerprint density at radius 3 is 2.95 bits per heavy atom.